The van der Waals surface area contributed by atoms with Crippen LogP contribution in [0.1, 0.15) is 24.4 Å². The molecular weight excluding hydrogens is 418 g/mol. The number of nitrogens with zero attached hydrogens (tertiary/aromatic N) is 5. The highest BCUT2D eigenvalue weighted by atomic mass is 16.5. The van der Waals surface area contributed by atoms with E-state index < -0.39 is 0 Å². The van der Waals surface area contributed by atoms with E-state index in [-0.39, 0.29) is 17.9 Å². The molecule has 0 saturated carbocycles. The van der Waals surface area contributed by atoms with Crippen molar-refractivity contribution < 1.29 is 9.53 Å². The molecule has 1 amide bonds. The van der Waals surface area contributed by atoms with Gasteiger partial charge in [-0.2, -0.15) is 15.0 Å². The summed E-state index contributed by atoms with van der Waals surface area (Å²) in [7, 11) is 1.63. The third-order valence-electron chi connectivity index (χ3n) is 5.78. The van der Waals surface area contributed by atoms with Crippen LogP contribution in [0.15, 0.2) is 54.6 Å². The maximum Gasteiger partial charge on any atom is 0.232 e. The minimum absolute atomic E-state index is 0.0535. The molecule has 1 atom stereocenters. The second-order valence-electron chi connectivity index (χ2n) is 7.99. The van der Waals surface area contributed by atoms with Gasteiger partial charge in [0.05, 0.1) is 19.6 Å². The molecule has 1 saturated heterocycles. The van der Waals surface area contributed by atoms with Crippen molar-refractivity contribution in [3.05, 3.63) is 66.0 Å². The SMILES string of the molecule is COc1cccc(CC(=O)N2CCN(C(C)c3nc(N)nc(Nc4ccccc4)n3)CC2)c1. The molecule has 2 aromatic carbocycles. The number of hydrogen-bond acceptors (Lipinski definition) is 8. The van der Waals surface area contributed by atoms with Crippen molar-refractivity contribution in [2.75, 3.05) is 44.3 Å². The molecule has 9 nitrogen and oxygen atoms in total. The molecule has 1 unspecified atom stereocenters. The molecule has 9 heteroatoms. The number of nitrogens with two attached hydrogens (primary N) is 1. The van der Waals surface area contributed by atoms with Gasteiger partial charge >= 0.3 is 0 Å². The summed E-state index contributed by atoms with van der Waals surface area (Å²) >= 11 is 0. The molecule has 3 N–H and O–H groups in total. The van der Waals surface area contributed by atoms with Crippen molar-refractivity contribution >= 4 is 23.5 Å². The normalized spacial score (nSPS) is 15.2. The average Bonchev–Trinajstić information content (AvgIpc) is 2.84. The van der Waals surface area contributed by atoms with E-state index in [1.165, 1.54) is 0 Å². The zero-order valence-corrected chi connectivity index (χ0v) is 18.9. The molecule has 3 aromatic rings. The number of nitrogen functional groups attached to an aromatic ring is 1. The van der Waals surface area contributed by atoms with Gasteiger partial charge in [-0.15, -0.1) is 0 Å². The first kappa shape index (κ1) is 22.5. The van der Waals surface area contributed by atoms with Crippen LogP contribution in [0.5, 0.6) is 5.75 Å². The second kappa shape index (κ2) is 10.3. The summed E-state index contributed by atoms with van der Waals surface area (Å²) in [5, 5.41) is 3.17. The molecule has 0 aliphatic carbocycles. The van der Waals surface area contributed by atoms with Crippen LogP contribution in [0.3, 0.4) is 0 Å². The summed E-state index contributed by atoms with van der Waals surface area (Å²) < 4.78 is 5.25. The first-order valence-corrected chi connectivity index (χ1v) is 11.0. The Morgan fingerprint density at radius 3 is 2.55 bits per heavy atom. The van der Waals surface area contributed by atoms with Crippen molar-refractivity contribution in [1.82, 2.24) is 24.8 Å². The number of benzene rings is 2. The van der Waals surface area contributed by atoms with Crippen LogP contribution in [-0.2, 0) is 11.2 Å². The van der Waals surface area contributed by atoms with E-state index in [2.05, 4.69) is 32.1 Å². The Labute approximate surface area is 193 Å². The fourth-order valence-corrected chi connectivity index (χ4v) is 3.89. The first-order valence-electron chi connectivity index (χ1n) is 11.0. The van der Waals surface area contributed by atoms with Crippen LogP contribution in [0.25, 0.3) is 0 Å². The van der Waals surface area contributed by atoms with Crippen molar-refractivity contribution in [3.8, 4) is 5.75 Å². The number of carbonyl (C=O) groups is 1. The summed E-state index contributed by atoms with van der Waals surface area (Å²) in [4.78, 5) is 30.1. The Balaban J connectivity index is 1.36. The largest absolute Gasteiger partial charge is 0.497 e. The van der Waals surface area contributed by atoms with E-state index in [9.17, 15) is 4.79 Å². The monoisotopic (exact) mass is 447 g/mol. The third-order valence-corrected chi connectivity index (χ3v) is 5.78. The first-order chi connectivity index (χ1) is 16.0. The van der Waals surface area contributed by atoms with Crippen LogP contribution in [0.2, 0.25) is 0 Å². The van der Waals surface area contributed by atoms with Gasteiger partial charge in [-0.05, 0) is 36.8 Å². The van der Waals surface area contributed by atoms with Gasteiger partial charge in [-0.3, -0.25) is 9.69 Å². The third kappa shape index (κ3) is 5.75. The Morgan fingerprint density at radius 2 is 1.82 bits per heavy atom. The standard InChI is InChI=1S/C24H29N7O2/c1-17(22-27-23(25)29-24(28-22)26-19-8-4-3-5-9-19)30-11-13-31(14-12-30)21(32)16-18-7-6-10-20(15-18)33-2/h3-10,15,17H,11-14,16H2,1-2H3,(H3,25,26,27,28,29). The fraction of sp³-hybridized carbons (Fsp3) is 0.333. The molecule has 0 bridgehead atoms. The number of aromatic nitrogens is 3. The zero-order chi connectivity index (χ0) is 23.2. The van der Waals surface area contributed by atoms with E-state index >= 15 is 0 Å². The molecule has 172 valence electrons. The number of amides is 1. The highest BCUT2D eigenvalue weighted by molar-refractivity contribution is 5.79. The van der Waals surface area contributed by atoms with Crippen LogP contribution in [0.4, 0.5) is 17.6 Å². The zero-order valence-electron chi connectivity index (χ0n) is 18.9. The number of para-hydroxylation sites is 1. The van der Waals surface area contributed by atoms with Crippen molar-refractivity contribution in [1.29, 1.82) is 0 Å². The Bertz CT molecular complexity index is 1090. The van der Waals surface area contributed by atoms with Crippen LogP contribution in [-0.4, -0.2) is 63.9 Å². The van der Waals surface area contributed by atoms with Gasteiger partial charge in [0.1, 0.15) is 5.75 Å². The molecule has 33 heavy (non-hydrogen) atoms. The van der Waals surface area contributed by atoms with Gasteiger partial charge < -0.3 is 20.7 Å². The van der Waals surface area contributed by atoms with E-state index in [1.807, 2.05) is 59.5 Å². The Hall–Kier alpha value is -3.72. The molecule has 1 aromatic heterocycles. The number of piperazine rings is 1. The van der Waals surface area contributed by atoms with E-state index in [1.54, 1.807) is 7.11 Å². The van der Waals surface area contributed by atoms with Gasteiger partial charge in [-0.25, -0.2) is 0 Å². The van der Waals surface area contributed by atoms with Crippen molar-refractivity contribution in [3.63, 3.8) is 0 Å². The Morgan fingerprint density at radius 1 is 1.06 bits per heavy atom. The number of anilines is 3. The molecule has 1 aliphatic rings. The maximum absolute atomic E-state index is 12.8. The van der Waals surface area contributed by atoms with Gasteiger partial charge in [0, 0.05) is 31.9 Å². The predicted octanol–water partition coefficient (Wildman–Crippen LogP) is 2.65. The van der Waals surface area contributed by atoms with Crippen LogP contribution >= 0.6 is 0 Å². The lowest BCUT2D eigenvalue weighted by Gasteiger charge is -2.37. The minimum atomic E-state index is -0.0535. The number of rotatable bonds is 7. The predicted molar refractivity (Wildman–Crippen MR) is 127 cm³/mol. The summed E-state index contributed by atoms with van der Waals surface area (Å²) in [6.07, 6.45) is 0.366. The lowest BCUT2D eigenvalue weighted by Crippen LogP contribution is -2.49. The molecule has 1 aliphatic heterocycles. The van der Waals surface area contributed by atoms with Gasteiger partial charge in [0.15, 0.2) is 5.82 Å². The smallest absolute Gasteiger partial charge is 0.232 e. The van der Waals surface area contributed by atoms with E-state index in [0.717, 1.165) is 30.1 Å². The van der Waals surface area contributed by atoms with Crippen LogP contribution in [0, 0.1) is 0 Å². The van der Waals surface area contributed by atoms with Crippen LogP contribution < -0.4 is 15.8 Å². The highest BCUT2D eigenvalue weighted by Gasteiger charge is 2.26. The number of ether oxygens (including phenoxy) is 1. The quantitative estimate of drug-likeness (QED) is 0.569. The fourth-order valence-electron chi connectivity index (χ4n) is 3.89. The van der Waals surface area contributed by atoms with E-state index in [0.29, 0.717) is 31.3 Å². The Kier molecular flexibility index (Phi) is 6.99. The van der Waals surface area contributed by atoms with E-state index in [4.69, 9.17) is 10.5 Å². The minimum Gasteiger partial charge on any atom is -0.497 e. The van der Waals surface area contributed by atoms with Gasteiger partial charge in [-0.1, -0.05) is 30.3 Å². The number of nitrogens with one attached hydrogen (secondary N) is 1. The summed E-state index contributed by atoms with van der Waals surface area (Å²) in [6.45, 7) is 4.83. The van der Waals surface area contributed by atoms with Gasteiger partial charge in [0.25, 0.3) is 0 Å². The number of carbonyl (C=O) groups excluding carboxylic acids is 1. The van der Waals surface area contributed by atoms with Gasteiger partial charge in [0.2, 0.25) is 17.8 Å². The molecule has 0 spiro atoms. The van der Waals surface area contributed by atoms with Crippen molar-refractivity contribution in [2.45, 2.75) is 19.4 Å². The summed E-state index contributed by atoms with van der Waals surface area (Å²) in [6, 6.07) is 17.3. The average molecular weight is 448 g/mol. The number of methoxy groups -OCH3 is 1. The maximum atomic E-state index is 12.8. The molecular formula is C24H29N7O2. The highest BCUT2D eigenvalue weighted by Crippen LogP contribution is 2.22. The number of hydrogen-bond donors (Lipinski definition) is 2. The second-order valence-corrected chi connectivity index (χ2v) is 7.99. The topological polar surface area (TPSA) is 110 Å². The molecule has 4 rings (SSSR count). The molecule has 1 fully saturated rings. The lowest BCUT2D eigenvalue weighted by molar-refractivity contribution is -0.132. The molecule has 2 heterocycles. The summed E-state index contributed by atoms with van der Waals surface area (Å²) in [5.74, 6) is 2.09. The lowest BCUT2D eigenvalue weighted by atomic mass is 10.1. The summed E-state index contributed by atoms with van der Waals surface area (Å²) in [5.41, 5.74) is 7.79. The molecule has 0 radical (unpaired) electrons. The van der Waals surface area contributed by atoms with Crippen molar-refractivity contribution in [2.24, 2.45) is 0 Å².